The Labute approximate surface area is 136 Å². The Kier molecular flexibility index (Phi) is 3.51. The van der Waals surface area contributed by atoms with E-state index in [9.17, 15) is 18.0 Å². The van der Waals surface area contributed by atoms with Gasteiger partial charge >= 0.3 is 0 Å². The van der Waals surface area contributed by atoms with Crippen molar-refractivity contribution in [3.05, 3.63) is 36.0 Å². The summed E-state index contributed by atoms with van der Waals surface area (Å²) < 4.78 is 42.3. The van der Waals surface area contributed by atoms with Gasteiger partial charge in [0.25, 0.3) is 11.8 Å². The molecule has 128 valence electrons. The molecule has 1 saturated heterocycles. The van der Waals surface area contributed by atoms with E-state index in [2.05, 4.69) is 10.1 Å². The minimum Gasteiger partial charge on any atom is -0.330 e. The fraction of sp³-hybridized carbons (Fsp3) is 0.562. The molecule has 3 aliphatic rings. The summed E-state index contributed by atoms with van der Waals surface area (Å²) in [6.07, 6.45) is 7.24. The quantitative estimate of drug-likeness (QED) is 0.833. The second-order valence-electron chi connectivity index (χ2n) is 6.55. The number of carbonyl (C=O) groups is 1. The predicted molar refractivity (Wildman–Crippen MR) is 79.4 cm³/mol. The Hall–Kier alpha value is -2.12. The fourth-order valence-electron chi connectivity index (χ4n) is 3.59. The summed E-state index contributed by atoms with van der Waals surface area (Å²) in [5, 5.41) is 4.16. The van der Waals surface area contributed by atoms with Crippen LogP contribution in [0.5, 0.6) is 0 Å². The Bertz CT molecular complexity index is 727. The molecule has 1 amide bonds. The standard InChI is InChI=1S/C16H17F3N4O/c17-11-8-12(10-4-2-1-3-5-10)23-14(11)20-13(21-23)15(24)22-7-6-16(18,19)9-22/h1-4,10-12H,5-9H2/t10?,11-,12-/m0/s1. The van der Waals surface area contributed by atoms with Gasteiger partial charge in [0.2, 0.25) is 5.82 Å². The van der Waals surface area contributed by atoms with Gasteiger partial charge in [-0.2, -0.15) is 0 Å². The van der Waals surface area contributed by atoms with Gasteiger partial charge in [-0.15, -0.1) is 5.10 Å². The third-order valence-electron chi connectivity index (χ3n) is 4.86. The number of fused-ring (bicyclic) bond motifs is 1. The van der Waals surface area contributed by atoms with Crippen molar-refractivity contribution in [2.45, 2.75) is 37.4 Å². The Morgan fingerprint density at radius 2 is 2.17 bits per heavy atom. The van der Waals surface area contributed by atoms with Gasteiger partial charge in [-0.05, 0) is 6.42 Å². The molecular weight excluding hydrogens is 321 g/mol. The molecule has 0 N–H and O–H groups in total. The van der Waals surface area contributed by atoms with Crippen LogP contribution >= 0.6 is 0 Å². The maximum atomic E-state index is 14.3. The van der Waals surface area contributed by atoms with Gasteiger partial charge in [0.05, 0.1) is 12.6 Å². The molecule has 0 aromatic carbocycles. The molecule has 8 heteroatoms. The van der Waals surface area contributed by atoms with E-state index in [1.165, 1.54) is 4.68 Å². The van der Waals surface area contributed by atoms with Crippen molar-refractivity contribution in [2.24, 2.45) is 5.92 Å². The van der Waals surface area contributed by atoms with Gasteiger partial charge in [0.15, 0.2) is 12.0 Å². The van der Waals surface area contributed by atoms with Crippen molar-refractivity contribution in [3.63, 3.8) is 0 Å². The summed E-state index contributed by atoms with van der Waals surface area (Å²) in [5.41, 5.74) is 0. The summed E-state index contributed by atoms with van der Waals surface area (Å²) in [4.78, 5) is 17.4. The third kappa shape index (κ3) is 2.53. The molecule has 1 aromatic heterocycles. The van der Waals surface area contributed by atoms with Gasteiger partial charge in [0.1, 0.15) is 0 Å². The zero-order chi connectivity index (χ0) is 16.9. The van der Waals surface area contributed by atoms with Gasteiger partial charge in [-0.1, -0.05) is 24.3 Å². The lowest BCUT2D eigenvalue weighted by Gasteiger charge is -2.21. The molecule has 1 unspecified atom stereocenters. The Balaban J connectivity index is 1.58. The number of nitrogens with zero attached hydrogens (tertiary/aromatic N) is 4. The van der Waals surface area contributed by atoms with Crippen LogP contribution < -0.4 is 0 Å². The molecule has 0 radical (unpaired) electrons. The minimum atomic E-state index is -2.87. The largest absolute Gasteiger partial charge is 0.330 e. The highest BCUT2D eigenvalue weighted by molar-refractivity contribution is 5.90. The van der Waals surface area contributed by atoms with Crippen molar-refractivity contribution in [3.8, 4) is 0 Å². The number of halogens is 3. The van der Waals surface area contributed by atoms with E-state index in [4.69, 9.17) is 0 Å². The molecular formula is C16H17F3N4O. The summed E-state index contributed by atoms with van der Waals surface area (Å²) >= 11 is 0. The zero-order valence-electron chi connectivity index (χ0n) is 12.9. The van der Waals surface area contributed by atoms with Crippen LogP contribution in [0, 0.1) is 5.92 Å². The van der Waals surface area contributed by atoms with Gasteiger partial charge in [-0.25, -0.2) is 22.8 Å². The molecule has 3 heterocycles. The highest BCUT2D eigenvalue weighted by Gasteiger charge is 2.43. The maximum absolute atomic E-state index is 14.3. The number of rotatable bonds is 2. The van der Waals surface area contributed by atoms with Gasteiger partial charge in [0, 0.05) is 25.3 Å². The number of likely N-dealkylation sites (tertiary alicyclic amines) is 1. The SMILES string of the molecule is O=C(c1nc2n(n1)[C@H](C1C=CC=CC1)C[C@@H]2F)N1CCC(F)(F)C1. The molecule has 1 fully saturated rings. The summed E-state index contributed by atoms with van der Waals surface area (Å²) in [7, 11) is 0. The monoisotopic (exact) mass is 338 g/mol. The van der Waals surface area contributed by atoms with Crippen molar-refractivity contribution in [2.75, 3.05) is 13.1 Å². The van der Waals surface area contributed by atoms with E-state index in [1.54, 1.807) is 0 Å². The lowest BCUT2D eigenvalue weighted by atomic mass is 9.91. The van der Waals surface area contributed by atoms with Crippen LogP contribution in [-0.4, -0.2) is 44.6 Å². The molecule has 2 aliphatic heterocycles. The number of amides is 1. The second-order valence-corrected chi connectivity index (χ2v) is 6.55. The summed E-state index contributed by atoms with van der Waals surface area (Å²) in [6.45, 7) is -0.664. The molecule has 3 atom stereocenters. The maximum Gasteiger partial charge on any atom is 0.293 e. The Morgan fingerprint density at radius 1 is 1.33 bits per heavy atom. The minimum absolute atomic E-state index is 0.0334. The molecule has 24 heavy (non-hydrogen) atoms. The molecule has 1 aliphatic carbocycles. The van der Waals surface area contributed by atoms with Gasteiger partial charge in [-0.3, -0.25) is 4.79 Å². The third-order valence-corrected chi connectivity index (χ3v) is 4.86. The fourth-order valence-corrected chi connectivity index (χ4v) is 3.59. The number of alkyl halides is 3. The van der Waals surface area contributed by atoms with E-state index in [1.807, 2.05) is 24.3 Å². The average Bonchev–Trinajstić information content (AvgIpc) is 3.23. The Morgan fingerprint density at radius 3 is 2.83 bits per heavy atom. The first-order chi connectivity index (χ1) is 11.4. The molecule has 1 aromatic rings. The number of aromatic nitrogens is 3. The first kappa shape index (κ1) is 15.4. The normalized spacial score (nSPS) is 30.8. The zero-order valence-corrected chi connectivity index (χ0v) is 12.9. The molecule has 0 spiro atoms. The summed E-state index contributed by atoms with van der Waals surface area (Å²) in [5.74, 6) is -3.50. The lowest BCUT2D eigenvalue weighted by molar-refractivity contribution is 0.0118. The predicted octanol–water partition coefficient (Wildman–Crippen LogP) is 2.85. The van der Waals surface area contributed by atoms with E-state index in [0.717, 1.165) is 11.3 Å². The van der Waals surface area contributed by atoms with Crippen molar-refractivity contribution >= 4 is 5.91 Å². The lowest BCUT2D eigenvalue weighted by Crippen LogP contribution is -2.32. The first-order valence-electron chi connectivity index (χ1n) is 8.05. The number of carbonyl (C=O) groups excluding carboxylic acids is 1. The van der Waals surface area contributed by atoms with Crippen LogP contribution in [0.25, 0.3) is 0 Å². The first-order valence-corrected chi connectivity index (χ1v) is 8.05. The summed E-state index contributed by atoms with van der Waals surface area (Å²) in [6, 6.07) is -0.203. The van der Waals surface area contributed by atoms with Crippen molar-refractivity contribution in [1.82, 2.24) is 19.7 Å². The smallest absolute Gasteiger partial charge is 0.293 e. The molecule has 5 nitrogen and oxygen atoms in total. The van der Waals surface area contributed by atoms with Crippen LogP contribution in [0.2, 0.25) is 0 Å². The van der Waals surface area contributed by atoms with Crippen LogP contribution in [0.15, 0.2) is 24.3 Å². The van der Waals surface area contributed by atoms with E-state index >= 15 is 0 Å². The van der Waals surface area contributed by atoms with E-state index < -0.39 is 24.5 Å². The number of hydrogen-bond acceptors (Lipinski definition) is 3. The number of hydrogen-bond donors (Lipinski definition) is 0. The highest BCUT2D eigenvalue weighted by Crippen LogP contribution is 2.42. The number of allylic oxidation sites excluding steroid dienone is 4. The van der Waals surface area contributed by atoms with Crippen molar-refractivity contribution < 1.29 is 18.0 Å². The van der Waals surface area contributed by atoms with Crippen LogP contribution in [0.3, 0.4) is 0 Å². The van der Waals surface area contributed by atoms with Gasteiger partial charge < -0.3 is 4.90 Å². The van der Waals surface area contributed by atoms with Crippen molar-refractivity contribution in [1.29, 1.82) is 0 Å². The van der Waals surface area contributed by atoms with Crippen LogP contribution in [-0.2, 0) is 0 Å². The topological polar surface area (TPSA) is 51.0 Å². The second kappa shape index (κ2) is 5.46. The van der Waals surface area contributed by atoms with E-state index in [0.29, 0.717) is 0 Å². The average molecular weight is 338 g/mol. The van der Waals surface area contributed by atoms with Crippen LogP contribution in [0.4, 0.5) is 13.2 Å². The molecule has 0 saturated carbocycles. The molecule has 0 bridgehead atoms. The highest BCUT2D eigenvalue weighted by atomic mass is 19.3. The van der Waals surface area contributed by atoms with Crippen LogP contribution in [0.1, 0.15) is 47.9 Å². The van der Waals surface area contributed by atoms with E-state index in [-0.39, 0.29) is 43.0 Å². The molecule has 4 rings (SSSR count).